The van der Waals surface area contributed by atoms with Gasteiger partial charge in [0.15, 0.2) is 0 Å². The van der Waals surface area contributed by atoms with Crippen LogP contribution in [0.3, 0.4) is 0 Å². The third kappa shape index (κ3) is 2.56. The number of H-pyrrole nitrogens is 1. The molecule has 1 fully saturated rings. The Bertz CT molecular complexity index is 432. The molecule has 16 heavy (non-hydrogen) atoms. The molecular weight excluding hydrogens is 250 g/mol. The highest BCUT2D eigenvalue weighted by atomic mass is 35.5. The predicted octanol–water partition coefficient (Wildman–Crippen LogP) is 1.10. The first kappa shape index (κ1) is 11.9. The molecule has 0 saturated heterocycles. The number of alkyl halides is 1. The van der Waals surface area contributed by atoms with Gasteiger partial charge >= 0.3 is 0 Å². The summed E-state index contributed by atoms with van der Waals surface area (Å²) in [4.78, 5) is 0.164. The summed E-state index contributed by atoms with van der Waals surface area (Å²) in [6, 6.07) is 0. The molecular formula is C9H14ClN3O2S. The second-order valence-electron chi connectivity index (χ2n) is 3.99. The Hall–Kier alpha value is -0.590. The molecule has 2 atom stereocenters. The van der Waals surface area contributed by atoms with Crippen LogP contribution >= 0.6 is 11.6 Å². The lowest BCUT2D eigenvalue weighted by molar-refractivity contribution is 0.524. The van der Waals surface area contributed by atoms with Gasteiger partial charge in [-0.1, -0.05) is 6.42 Å². The molecule has 2 unspecified atom stereocenters. The Balaban J connectivity index is 1.95. The molecule has 0 bridgehead atoms. The van der Waals surface area contributed by atoms with Crippen LogP contribution in [0.5, 0.6) is 0 Å². The number of nitrogens with zero attached hydrogens (tertiary/aromatic N) is 1. The smallest absolute Gasteiger partial charge is 0.243 e. The first-order valence-corrected chi connectivity index (χ1v) is 7.14. The van der Waals surface area contributed by atoms with Crippen LogP contribution in [0.1, 0.15) is 19.3 Å². The van der Waals surface area contributed by atoms with Crippen molar-refractivity contribution in [2.75, 3.05) is 6.54 Å². The zero-order valence-corrected chi connectivity index (χ0v) is 10.3. The average molecular weight is 264 g/mol. The van der Waals surface area contributed by atoms with E-state index in [0.717, 1.165) is 19.3 Å². The van der Waals surface area contributed by atoms with E-state index in [1.165, 1.54) is 12.4 Å². The van der Waals surface area contributed by atoms with Gasteiger partial charge < -0.3 is 0 Å². The number of nitrogens with one attached hydrogen (secondary N) is 2. The summed E-state index contributed by atoms with van der Waals surface area (Å²) in [5, 5.41) is 6.18. The van der Waals surface area contributed by atoms with Crippen molar-refractivity contribution in [2.45, 2.75) is 29.5 Å². The van der Waals surface area contributed by atoms with Crippen LogP contribution in [0.4, 0.5) is 0 Å². The van der Waals surface area contributed by atoms with Gasteiger partial charge in [0.2, 0.25) is 10.0 Å². The van der Waals surface area contributed by atoms with Gasteiger partial charge in [-0.2, -0.15) is 5.10 Å². The number of hydrogen-bond acceptors (Lipinski definition) is 3. The van der Waals surface area contributed by atoms with Crippen LogP contribution in [0, 0.1) is 5.92 Å². The Morgan fingerprint density at radius 1 is 1.56 bits per heavy atom. The van der Waals surface area contributed by atoms with E-state index in [1.54, 1.807) is 0 Å². The van der Waals surface area contributed by atoms with Crippen LogP contribution in [0.2, 0.25) is 0 Å². The summed E-state index contributed by atoms with van der Waals surface area (Å²) in [5.74, 6) is 0.239. The molecule has 1 aliphatic carbocycles. The van der Waals surface area contributed by atoms with Crippen molar-refractivity contribution < 1.29 is 8.42 Å². The number of hydrogen-bond donors (Lipinski definition) is 2. The molecule has 1 saturated carbocycles. The Morgan fingerprint density at radius 2 is 2.38 bits per heavy atom. The molecule has 2 N–H and O–H groups in total. The molecule has 0 aromatic carbocycles. The zero-order valence-electron chi connectivity index (χ0n) is 8.69. The average Bonchev–Trinajstić information content (AvgIpc) is 2.85. The van der Waals surface area contributed by atoms with Gasteiger partial charge in [-0.15, -0.1) is 11.6 Å². The van der Waals surface area contributed by atoms with Crippen molar-refractivity contribution in [3.05, 3.63) is 12.4 Å². The molecule has 0 aliphatic heterocycles. The normalized spacial score (nSPS) is 26.1. The molecule has 90 valence electrons. The number of sulfonamides is 1. The van der Waals surface area contributed by atoms with Crippen LogP contribution < -0.4 is 4.72 Å². The van der Waals surface area contributed by atoms with Gasteiger partial charge in [-0.25, -0.2) is 13.1 Å². The molecule has 0 amide bonds. The highest BCUT2D eigenvalue weighted by Gasteiger charge is 2.27. The van der Waals surface area contributed by atoms with Crippen molar-refractivity contribution in [2.24, 2.45) is 5.92 Å². The van der Waals surface area contributed by atoms with E-state index < -0.39 is 10.0 Å². The third-order valence-corrected chi connectivity index (χ3v) is 4.85. The van der Waals surface area contributed by atoms with E-state index >= 15 is 0 Å². The summed E-state index contributed by atoms with van der Waals surface area (Å²) < 4.78 is 26.0. The summed E-state index contributed by atoms with van der Waals surface area (Å²) >= 11 is 6.08. The molecule has 0 spiro atoms. The maximum Gasteiger partial charge on any atom is 0.243 e. The van der Waals surface area contributed by atoms with Crippen LogP contribution in [0.25, 0.3) is 0 Å². The van der Waals surface area contributed by atoms with E-state index in [9.17, 15) is 8.42 Å². The summed E-state index contributed by atoms with van der Waals surface area (Å²) in [7, 11) is -3.43. The van der Waals surface area contributed by atoms with Crippen molar-refractivity contribution >= 4 is 21.6 Å². The van der Waals surface area contributed by atoms with Gasteiger partial charge in [0.05, 0.1) is 6.20 Å². The second-order valence-corrected chi connectivity index (χ2v) is 6.32. The molecule has 0 radical (unpaired) electrons. The Kier molecular flexibility index (Phi) is 3.51. The molecule has 7 heteroatoms. The van der Waals surface area contributed by atoms with Gasteiger partial charge in [-0.3, -0.25) is 5.10 Å². The van der Waals surface area contributed by atoms with E-state index in [2.05, 4.69) is 14.9 Å². The first-order valence-electron chi connectivity index (χ1n) is 5.22. The first-order chi connectivity index (χ1) is 7.59. The van der Waals surface area contributed by atoms with Gasteiger partial charge in [0.1, 0.15) is 4.90 Å². The van der Waals surface area contributed by atoms with E-state index in [-0.39, 0.29) is 16.2 Å². The van der Waals surface area contributed by atoms with E-state index in [4.69, 9.17) is 11.6 Å². The van der Waals surface area contributed by atoms with Crippen LogP contribution in [-0.4, -0.2) is 30.5 Å². The van der Waals surface area contributed by atoms with Crippen LogP contribution in [0.15, 0.2) is 17.3 Å². The standard InChI is InChI=1S/C9H14ClN3O2S/c10-9-3-1-2-7(9)4-13-16(14,15)8-5-11-12-6-8/h5-7,9,13H,1-4H2,(H,11,12). The maximum atomic E-state index is 11.7. The molecule has 5 nitrogen and oxygen atoms in total. The van der Waals surface area contributed by atoms with Crippen molar-refractivity contribution in [3.63, 3.8) is 0 Å². The minimum Gasteiger partial charge on any atom is -0.284 e. The van der Waals surface area contributed by atoms with E-state index in [1.807, 2.05) is 0 Å². The quantitative estimate of drug-likeness (QED) is 0.799. The highest BCUT2D eigenvalue weighted by molar-refractivity contribution is 7.89. The summed E-state index contributed by atoms with van der Waals surface area (Å²) in [6.07, 6.45) is 5.68. The second kappa shape index (κ2) is 4.73. The van der Waals surface area contributed by atoms with Gasteiger partial charge in [0, 0.05) is 18.1 Å². The van der Waals surface area contributed by atoms with Crippen molar-refractivity contribution in [1.29, 1.82) is 0 Å². The Morgan fingerprint density at radius 3 is 2.94 bits per heavy atom. The topological polar surface area (TPSA) is 74.8 Å². The summed E-state index contributed by atoms with van der Waals surface area (Å²) in [6.45, 7) is 0.404. The Labute approximate surface area is 99.6 Å². The lowest BCUT2D eigenvalue weighted by Crippen LogP contribution is -2.30. The molecule has 1 aliphatic rings. The largest absolute Gasteiger partial charge is 0.284 e. The van der Waals surface area contributed by atoms with Crippen molar-refractivity contribution in [3.8, 4) is 0 Å². The number of aromatic amines is 1. The highest BCUT2D eigenvalue weighted by Crippen LogP contribution is 2.29. The lowest BCUT2D eigenvalue weighted by atomic mass is 10.1. The minimum atomic E-state index is -3.43. The fourth-order valence-corrected chi connectivity index (χ4v) is 3.28. The molecule has 1 aromatic rings. The van der Waals surface area contributed by atoms with Crippen LogP contribution in [-0.2, 0) is 10.0 Å². The zero-order chi connectivity index (χ0) is 11.6. The molecule has 2 rings (SSSR count). The maximum absolute atomic E-state index is 11.7. The fraction of sp³-hybridized carbons (Fsp3) is 0.667. The summed E-state index contributed by atoms with van der Waals surface area (Å²) in [5.41, 5.74) is 0. The predicted molar refractivity (Wildman–Crippen MR) is 60.8 cm³/mol. The number of halogens is 1. The number of rotatable bonds is 4. The van der Waals surface area contributed by atoms with Gasteiger partial charge in [-0.05, 0) is 18.8 Å². The lowest BCUT2D eigenvalue weighted by Gasteiger charge is -2.13. The third-order valence-electron chi connectivity index (χ3n) is 2.89. The van der Waals surface area contributed by atoms with E-state index in [0.29, 0.717) is 6.54 Å². The SMILES string of the molecule is O=S(=O)(NCC1CCCC1Cl)c1cn[nH]c1. The fourth-order valence-electron chi connectivity index (χ4n) is 1.91. The van der Waals surface area contributed by atoms with Crippen molar-refractivity contribution in [1.82, 2.24) is 14.9 Å². The van der Waals surface area contributed by atoms with Gasteiger partial charge in [0.25, 0.3) is 0 Å². The minimum absolute atomic E-state index is 0.0899. The molecule has 1 aromatic heterocycles. The number of aromatic nitrogens is 2. The monoisotopic (exact) mass is 263 g/mol. The molecule has 1 heterocycles.